The molecule has 0 spiro atoms. The molecule has 0 nitrogen and oxygen atoms in total. The molecular formula is C31H24Br3P. The van der Waals surface area contributed by atoms with Crippen molar-refractivity contribution < 1.29 is 17.0 Å². The van der Waals surface area contributed by atoms with Gasteiger partial charge in [0, 0.05) is 8.95 Å². The number of hydrogen-bond acceptors (Lipinski definition) is 0. The smallest absolute Gasteiger partial charge is 0.116 e. The molecule has 0 N–H and O–H groups in total. The third kappa shape index (κ3) is 5.54. The van der Waals surface area contributed by atoms with E-state index in [0.717, 1.165) is 15.1 Å². The van der Waals surface area contributed by atoms with Gasteiger partial charge in [0.05, 0.1) is 6.16 Å². The molecule has 0 aliphatic heterocycles. The number of benzene rings is 5. The van der Waals surface area contributed by atoms with Crippen molar-refractivity contribution >= 4 is 55.0 Å². The molecule has 0 bridgehead atoms. The van der Waals surface area contributed by atoms with Crippen molar-refractivity contribution in [3.63, 3.8) is 0 Å². The van der Waals surface area contributed by atoms with E-state index < -0.39 is 7.26 Å². The fourth-order valence-corrected chi connectivity index (χ4v) is 9.56. The maximum atomic E-state index is 3.76. The van der Waals surface area contributed by atoms with Crippen LogP contribution in [0.2, 0.25) is 0 Å². The van der Waals surface area contributed by atoms with Gasteiger partial charge in [-0.05, 0) is 77.4 Å². The SMILES string of the molecule is Brc1ccc(-c2ccc(Br)cc2C[P+](c2ccccc2)(c2ccccc2)c2ccccc2)cc1.[Br-]. The zero-order valence-electron chi connectivity index (χ0n) is 19.0. The van der Waals surface area contributed by atoms with Gasteiger partial charge in [0.15, 0.2) is 0 Å². The predicted molar refractivity (Wildman–Crippen MR) is 156 cm³/mol. The molecule has 4 heteroatoms. The first-order chi connectivity index (χ1) is 16.7. The van der Waals surface area contributed by atoms with Gasteiger partial charge < -0.3 is 17.0 Å². The standard InChI is InChI=1S/C31H24Br2P.BrH/c32-26-18-16-24(17-19-26)31-21-20-27(33)22-25(31)23-34(28-10-4-1-5-11-28,29-12-6-2-7-13-29)30-14-8-3-9-15-30;/h1-22H,23H2;1H/q+1;/p-1. The minimum Gasteiger partial charge on any atom is -1.00 e. The second-order valence-electron chi connectivity index (χ2n) is 8.28. The summed E-state index contributed by atoms with van der Waals surface area (Å²) in [6.07, 6.45) is 0.940. The van der Waals surface area contributed by atoms with E-state index in [-0.39, 0.29) is 17.0 Å². The Morgan fingerprint density at radius 1 is 0.486 bits per heavy atom. The Labute approximate surface area is 235 Å². The van der Waals surface area contributed by atoms with Crippen LogP contribution in [0, 0.1) is 0 Å². The van der Waals surface area contributed by atoms with Crippen molar-refractivity contribution in [2.24, 2.45) is 0 Å². The third-order valence-corrected chi connectivity index (χ3v) is 11.6. The Kier molecular flexibility index (Phi) is 8.78. The molecule has 174 valence electrons. The number of halogens is 3. The first kappa shape index (κ1) is 26.0. The molecule has 5 aromatic carbocycles. The van der Waals surface area contributed by atoms with E-state index in [1.807, 2.05) is 0 Å². The van der Waals surface area contributed by atoms with E-state index in [1.165, 1.54) is 32.6 Å². The summed E-state index contributed by atoms with van der Waals surface area (Å²) in [4.78, 5) is 0. The van der Waals surface area contributed by atoms with E-state index in [1.54, 1.807) is 0 Å². The lowest BCUT2D eigenvalue weighted by Crippen LogP contribution is -3.00. The average Bonchev–Trinajstić information content (AvgIpc) is 2.90. The lowest BCUT2D eigenvalue weighted by atomic mass is 10.0. The maximum Gasteiger partial charge on any atom is 0.116 e. The molecule has 5 rings (SSSR count). The van der Waals surface area contributed by atoms with E-state index in [2.05, 4.69) is 165 Å². The van der Waals surface area contributed by atoms with Crippen molar-refractivity contribution in [1.82, 2.24) is 0 Å². The van der Waals surface area contributed by atoms with E-state index in [9.17, 15) is 0 Å². The topological polar surface area (TPSA) is 0 Å². The van der Waals surface area contributed by atoms with Gasteiger partial charge in [0.1, 0.15) is 23.2 Å². The Bertz CT molecular complexity index is 1270. The molecule has 0 fully saturated rings. The average molecular weight is 667 g/mol. The second kappa shape index (κ2) is 11.8. The van der Waals surface area contributed by atoms with Crippen LogP contribution in [-0.2, 0) is 6.16 Å². The lowest BCUT2D eigenvalue weighted by Gasteiger charge is -2.28. The molecule has 5 aromatic rings. The Balaban J connectivity index is 0.00000289. The van der Waals surface area contributed by atoms with E-state index in [0.29, 0.717) is 0 Å². The predicted octanol–water partition coefficient (Wildman–Crippen LogP) is 5.38. The summed E-state index contributed by atoms with van der Waals surface area (Å²) in [5.74, 6) is 0. The van der Waals surface area contributed by atoms with Gasteiger partial charge in [-0.15, -0.1) is 0 Å². The summed E-state index contributed by atoms with van der Waals surface area (Å²) in [7, 11) is -1.98. The zero-order valence-corrected chi connectivity index (χ0v) is 24.6. The third-order valence-electron chi connectivity index (χ3n) is 6.22. The molecule has 0 heterocycles. The van der Waals surface area contributed by atoms with Gasteiger partial charge in [-0.25, -0.2) is 0 Å². The molecule has 0 unspecified atom stereocenters. The van der Waals surface area contributed by atoms with Crippen LogP contribution in [0.1, 0.15) is 5.56 Å². The molecule has 0 atom stereocenters. The Morgan fingerprint density at radius 3 is 1.37 bits per heavy atom. The highest BCUT2D eigenvalue weighted by atomic mass is 79.9. The van der Waals surface area contributed by atoms with Gasteiger partial charge >= 0.3 is 0 Å². The molecule has 0 radical (unpaired) electrons. The van der Waals surface area contributed by atoms with Crippen LogP contribution in [0.3, 0.4) is 0 Å². The normalized spacial score (nSPS) is 11.0. The monoisotopic (exact) mass is 664 g/mol. The van der Waals surface area contributed by atoms with Crippen molar-refractivity contribution in [2.75, 3.05) is 0 Å². The molecule has 0 amide bonds. The van der Waals surface area contributed by atoms with Crippen LogP contribution in [0.25, 0.3) is 11.1 Å². The van der Waals surface area contributed by atoms with Crippen LogP contribution in [0.15, 0.2) is 142 Å². The zero-order chi connectivity index (χ0) is 23.4. The van der Waals surface area contributed by atoms with Gasteiger partial charge in [-0.3, -0.25) is 0 Å². The summed E-state index contributed by atoms with van der Waals surface area (Å²) in [5, 5.41) is 4.19. The highest BCUT2D eigenvalue weighted by Gasteiger charge is 2.45. The number of hydrogen-bond donors (Lipinski definition) is 0. The lowest BCUT2D eigenvalue weighted by molar-refractivity contribution is -0.00000628. The number of rotatable bonds is 6. The molecular weight excluding hydrogens is 643 g/mol. The first-order valence-electron chi connectivity index (χ1n) is 11.3. The van der Waals surface area contributed by atoms with Crippen LogP contribution >= 0.6 is 39.1 Å². The molecule has 0 saturated heterocycles. The quantitative estimate of drug-likeness (QED) is 0.214. The highest BCUT2D eigenvalue weighted by molar-refractivity contribution is 9.10. The minimum atomic E-state index is -1.98. The highest BCUT2D eigenvalue weighted by Crippen LogP contribution is 2.59. The molecule has 0 aliphatic rings. The van der Waals surface area contributed by atoms with Crippen LogP contribution in [0.4, 0.5) is 0 Å². The Hall–Kier alpha value is -2.03. The van der Waals surface area contributed by atoms with Crippen LogP contribution < -0.4 is 32.9 Å². The van der Waals surface area contributed by atoms with Crippen molar-refractivity contribution in [3.05, 3.63) is 148 Å². The van der Waals surface area contributed by atoms with Crippen LogP contribution in [-0.4, -0.2) is 0 Å². The van der Waals surface area contributed by atoms with Gasteiger partial charge in [0.25, 0.3) is 0 Å². The van der Waals surface area contributed by atoms with Crippen molar-refractivity contribution in [3.8, 4) is 11.1 Å². The molecule has 35 heavy (non-hydrogen) atoms. The fourth-order valence-electron chi connectivity index (χ4n) is 4.63. The summed E-state index contributed by atoms with van der Waals surface area (Å²) < 4.78 is 2.20. The van der Waals surface area contributed by atoms with Gasteiger partial charge in [-0.2, -0.15) is 0 Å². The summed E-state index contributed by atoms with van der Waals surface area (Å²) >= 11 is 7.35. The largest absolute Gasteiger partial charge is 1.00 e. The first-order valence-corrected chi connectivity index (χ1v) is 14.8. The van der Waals surface area contributed by atoms with E-state index >= 15 is 0 Å². The summed E-state index contributed by atoms with van der Waals surface area (Å²) in [6.45, 7) is 0. The maximum absolute atomic E-state index is 3.76. The van der Waals surface area contributed by atoms with Gasteiger partial charge in [-0.1, -0.05) is 105 Å². The van der Waals surface area contributed by atoms with Crippen LogP contribution in [0.5, 0.6) is 0 Å². The van der Waals surface area contributed by atoms with Crippen molar-refractivity contribution in [2.45, 2.75) is 6.16 Å². The second-order valence-corrected chi connectivity index (χ2v) is 13.6. The van der Waals surface area contributed by atoms with E-state index in [4.69, 9.17) is 0 Å². The molecule has 0 aliphatic carbocycles. The fraction of sp³-hybridized carbons (Fsp3) is 0.0323. The van der Waals surface area contributed by atoms with Gasteiger partial charge in [0.2, 0.25) is 0 Å². The Morgan fingerprint density at radius 2 is 0.914 bits per heavy atom. The molecule has 0 aromatic heterocycles. The minimum absolute atomic E-state index is 0. The summed E-state index contributed by atoms with van der Waals surface area (Å²) in [5.41, 5.74) is 3.86. The summed E-state index contributed by atoms with van der Waals surface area (Å²) in [6, 6.07) is 48.6. The van der Waals surface area contributed by atoms with Crippen molar-refractivity contribution in [1.29, 1.82) is 0 Å². The molecule has 0 saturated carbocycles.